The van der Waals surface area contributed by atoms with Crippen molar-refractivity contribution in [2.45, 2.75) is 32.2 Å². The number of fused-ring (bicyclic) bond motifs is 1. The molecule has 4 rings (SSSR count). The third-order valence-corrected chi connectivity index (χ3v) is 5.19. The summed E-state index contributed by atoms with van der Waals surface area (Å²) in [7, 11) is 1.43. The maximum atomic E-state index is 13.2. The smallest absolute Gasteiger partial charge is 0.333 e. The van der Waals surface area contributed by atoms with Gasteiger partial charge in [0.2, 0.25) is 0 Å². The lowest BCUT2D eigenvalue weighted by atomic mass is 10.0. The zero-order valence-corrected chi connectivity index (χ0v) is 16.6. The molecule has 0 atom stereocenters. The van der Waals surface area contributed by atoms with Gasteiger partial charge in [0.15, 0.2) is 11.5 Å². The molecule has 0 N–H and O–H groups in total. The van der Waals surface area contributed by atoms with Crippen molar-refractivity contribution >= 4 is 22.7 Å². The molecular weight excluding hydrogens is 382 g/mol. The first kappa shape index (κ1) is 19.5. The van der Waals surface area contributed by atoms with Gasteiger partial charge >= 0.3 is 11.7 Å². The fourth-order valence-corrected chi connectivity index (χ4v) is 3.77. The number of hydrogen-bond acceptors (Lipinski definition) is 5. The fraction of sp³-hybridized carbons (Fsp3) is 0.261. The van der Waals surface area contributed by atoms with Crippen molar-refractivity contribution in [2.24, 2.45) is 0 Å². The van der Waals surface area contributed by atoms with Crippen LogP contribution in [0.2, 0.25) is 0 Å². The number of hydrogen-bond donors (Lipinski definition) is 0. The second-order valence-electron chi connectivity index (χ2n) is 7.09. The van der Waals surface area contributed by atoms with E-state index < -0.39 is 5.97 Å². The topological polar surface area (TPSA) is 86.2 Å². The summed E-state index contributed by atoms with van der Waals surface area (Å²) in [5, 5.41) is 9.01. The summed E-state index contributed by atoms with van der Waals surface area (Å²) in [4.78, 5) is 25.9. The lowest BCUT2D eigenvalue weighted by Gasteiger charge is -2.13. The number of aromatic nitrogens is 2. The first-order valence-corrected chi connectivity index (χ1v) is 9.81. The Balaban J connectivity index is 1.67. The Morgan fingerprint density at radius 1 is 1.13 bits per heavy atom. The Kier molecular flexibility index (Phi) is 5.40. The molecule has 0 spiro atoms. The van der Waals surface area contributed by atoms with E-state index in [-0.39, 0.29) is 23.7 Å². The number of esters is 1. The largest absolute Gasteiger partial charge is 0.493 e. The van der Waals surface area contributed by atoms with Crippen LogP contribution in [0.3, 0.4) is 0 Å². The van der Waals surface area contributed by atoms with E-state index in [9.17, 15) is 9.59 Å². The number of nitriles is 1. The van der Waals surface area contributed by atoms with E-state index in [1.54, 1.807) is 10.6 Å². The highest BCUT2D eigenvalue weighted by Crippen LogP contribution is 2.28. The van der Waals surface area contributed by atoms with Gasteiger partial charge in [-0.25, -0.2) is 9.59 Å². The molecule has 0 fully saturated rings. The minimum atomic E-state index is -0.597. The van der Waals surface area contributed by atoms with Crippen LogP contribution in [-0.2, 0) is 11.3 Å². The van der Waals surface area contributed by atoms with Crippen LogP contribution in [0.15, 0.2) is 53.3 Å². The van der Waals surface area contributed by atoms with E-state index in [1.807, 2.05) is 30.3 Å². The monoisotopic (exact) mass is 403 g/mol. The average Bonchev–Trinajstić information content (AvgIpc) is 3.06. The lowest BCUT2D eigenvalue weighted by molar-refractivity contribution is -0.135. The number of ether oxygens (including phenoxy) is 2. The van der Waals surface area contributed by atoms with Crippen molar-refractivity contribution in [3.05, 3.63) is 64.6 Å². The first-order chi connectivity index (χ1) is 14.6. The minimum absolute atomic E-state index is 0.202. The van der Waals surface area contributed by atoms with Gasteiger partial charge in [-0.1, -0.05) is 18.2 Å². The van der Waals surface area contributed by atoms with Crippen LogP contribution in [0, 0.1) is 11.3 Å². The molecule has 1 heterocycles. The number of benzene rings is 2. The predicted octanol–water partition coefficient (Wildman–Crippen LogP) is 3.70. The number of nitrogens with zero attached hydrogens (tertiary/aromatic N) is 3. The minimum Gasteiger partial charge on any atom is -0.493 e. The molecule has 0 amide bonds. The van der Waals surface area contributed by atoms with Crippen molar-refractivity contribution in [1.29, 1.82) is 5.26 Å². The number of para-hydroxylation sites is 2. The molecule has 7 heteroatoms. The van der Waals surface area contributed by atoms with Gasteiger partial charge in [-0.2, -0.15) is 5.26 Å². The normalized spacial score (nSPS) is 13.5. The molecular formula is C23H21N3O4. The molecule has 2 aromatic carbocycles. The highest BCUT2D eigenvalue weighted by Gasteiger charge is 2.20. The van der Waals surface area contributed by atoms with Gasteiger partial charge in [-0.05, 0) is 49.9 Å². The molecule has 0 unspecified atom stereocenters. The van der Waals surface area contributed by atoms with Crippen LogP contribution in [0.1, 0.15) is 31.2 Å². The molecule has 0 radical (unpaired) electrons. The number of carbonyl (C=O) groups excluding carboxylic acids is 1. The van der Waals surface area contributed by atoms with Crippen molar-refractivity contribution in [3.8, 4) is 17.6 Å². The summed E-state index contributed by atoms with van der Waals surface area (Å²) in [5.74, 6) is -0.113. The van der Waals surface area contributed by atoms with Gasteiger partial charge in [0.1, 0.15) is 6.54 Å². The molecule has 1 aliphatic rings. The van der Waals surface area contributed by atoms with Gasteiger partial charge in [0, 0.05) is 11.8 Å². The predicted molar refractivity (Wildman–Crippen MR) is 112 cm³/mol. The summed E-state index contributed by atoms with van der Waals surface area (Å²) in [5.41, 5.74) is 2.57. The van der Waals surface area contributed by atoms with Crippen molar-refractivity contribution in [3.63, 3.8) is 0 Å². The zero-order valence-electron chi connectivity index (χ0n) is 16.6. The second kappa shape index (κ2) is 8.29. The maximum Gasteiger partial charge on any atom is 0.333 e. The maximum absolute atomic E-state index is 13.2. The lowest BCUT2D eigenvalue weighted by Crippen LogP contribution is -2.28. The molecule has 152 valence electrons. The number of methoxy groups -OCH3 is 1. The molecule has 0 bridgehead atoms. The highest BCUT2D eigenvalue weighted by atomic mass is 16.6. The Hall–Kier alpha value is -3.79. The van der Waals surface area contributed by atoms with Crippen LogP contribution in [0.4, 0.5) is 0 Å². The molecule has 1 aromatic heterocycles. The summed E-state index contributed by atoms with van der Waals surface area (Å²) in [6, 6.07) is 14.0. The number of allylic oxidation sites excluding steroid dienone is 2. The molecule has 0 saturated carbocycles. The second-order valence-corrected chi connectivity index (χ2v) is 7.09. The summed E-state index contributed by atoms with van der Waals surface area (Å²) >= 11 is 0. The van der Waals surface area contributed by atoms with E-state index in [4.69, 9.17) is 14.7 Å². The van der Waals surface area contributed by atoms with E-state index in [0.29, 0.717) is 11.1 Å². The average molecular weight is 403 g/mol. The van der Waals surface area contributed by atoms with Gasteiger partial charge in [-0.3, -0.25) is 9.13 Å². The summed E-state index contributed by atoms with van der Waals surface area (Å²) in [6.07, 6.45) is 6.04. The summed E-state index contributed by atoms with van der Waals surface area (Å²) < 4.78 is 13.8. The van der Waals surface area contributed by atoms with Crippen molar-refractivity contribution in [2.75, 3.05) is 7.11 Å². The fourth-order valence-electron chi connectivity index (χ4n) is 3.77. The molecule has 0 saturated heterocycles. The third kappa shape index (κ3) is 3.60. The number of imidazole rings is 1. The van der Waals surface area contributed by atoms with E-state index >= 15 is 0 Å². The third-order valence-electron chi connectivity index (χ3n) is 5.19. The summed E-state index contributed by atoms with van der Waals surface area (Å²) in [6.45, 7) is -0.233. The van der Waals surface area contributed by atoms with Crippen LogP contribution in [0.5, 0.6) is 11.5 Å². The van der Waals surface area contributed by atoms with Gasteiger partial charge in [0.05, 0.1) is 29.8 Å². The van der Waals surface area contributed by atoms with E-state index in [1.165, 1.54) is 23.8 Å². The van der Waals surface area contributed by atoms with E-state index in [0.717, 1.165) is 36.9 Å². The highest BCUT2D eigenvalue weighted by molar-refractivity contribution is 5.82. The van der Waals surface area contributed by atoms with Crippen molar-refractivity contribution < 1.29 is 14.3 Å². The van der Waals surface area contributed by atoms with E-state index in [2.05, 4.69) is 6.08 Å². The number of carbonyl (C=O) groups is 1. The van der Waals surface area contributed by atoms with Crippen LogP contribution in [-0.4, -0.2) is 22.2 Å². The molecule has 3 aromatic rings. The van der Waals surface area contributed by atoms with Crippen LogP contribution < -0.4 is 15.2 Å². The Morgan fingerprint density at radius 2 is 1.93 bits per heavy atom. The molecule has 1 aliphatic carbocycles. The standard InChI is InChI=1S/C23H21N3O4/c1-29-21-13-16(14-24)11-12-20(21)30-22(27)15-25-18-9-5-6-10-19(18)26(23(25)28)17-7-3-2-4-8-17/h5-7,9-13H,2-4,8,15H2,1H3. The van der Waals surface area contributed by atoms with Gasteiger partial charge in [0.25, 0.3) is 0 Å². The molecule has 0 aliphatic heterocycles. The molecule has 30 heavy (non-hydrogen) atoms. The van der Waals surface area contributed by atoms with Gasteiger partial charge < -0.3 is 9.47 Å². The Bertz CT molecular complexity index is 1240. The van der Waals surface area contributed by atoms with Crippen LogP contribution >= 0.6 is 0 Å². The van der Waals surface area contributed by atoms with Crippen LogP contribution in [0.25, 0.3) is 16.7 Å². The molecule has 7 nitrogen and oxygen atoms in total. The van der Waals surface area contributed by atoms with Gasteiger partial charge in [-0.15, -0.1) is 0 Å². The Morgan fingerprint density at radius 3 is 2.63 bits per heavy atom. The SMILES string of the molecule is COc1cc(C#N)ccc1OC(=O)Cn1c(=O)n(C2=CCCCC2)c2ccccc21. The Labute approximate surface area is 173 Å². The quantitative estimate of drug-likeness (QED) is 0.479. The van der Waals surface area contributed by atoms with Crippen molar-refractivity contribution in [1.82, 2.24) is 9.13 Å². The number of rotatable bonds is 5. The zero-order chi connectivity index (χ0) is 21.1. The first-order valence-electron chi connectivity index (χ1n) is 9.81.